The largest absolute Gasteiger partial charge is 0.502 e. The second-order valence-corrected chi connectivity index (χ2v) is 6.98. The van der Waals surface area contributed by atoms with Crippen molar-refractivity contribution in [1.29, 1.82) is 0 Å². The molecule has 144 valence electrons. The Balaban J connectivity index is 1.57. The van der Waals surface area contributed by atoms with E-state index in [-0.39, 0.29) is 5.57 Å². The lowest BCUT2D eigenvalue weighted by Crippen LogP contribution is -2.44. The van der Waals surface area contributed by atoms with Gasteiger partial charge in [0.1, 0.15) is 5.82 Å². The number of anilines is 2. The van der Waals surface area contributed by atoms with Crippen LogP contribution in [0.2, 0.25) is 0 Å². The Hall–Kier alpha value is -3.19. The lowest BCUT2D eigenvalue weighted by molar-refractivity contribution is -0.121. The molecule has 2 aromatic carbocycles. The van der Waals surface area contributed by atoms with E-state index in [1.807, 2.05) is 12.1 Å². The number of hydrogen-bond donors (Lipinski definition) is 1. The Labute approximate surface area is 162 Å². The van der Waals surface area contributed by atoms with Crippen molar-refractivity contribution in [3.8, 4) is 0 Å². The third kappa shape index (κ3) is 3.14. The summed E-state index contributed by atoms with van der Waals surface area (Å²) in [5.41, 5.74) is 1.59. The van der Waals surface area contributed by atoms with Gasteiger partial charge in [-0.1, -0.05) is 12.1 Å². The topological polar surface area (TPSA) is 64.1 Å². The third-order valence-corrected chi connectivity index (χ3v) is 5.17. The maximum atomic E-state index is 13.2. The molecule has 0 radical (unpaired) electrons. The van der Waals surface area contributed by atoms with Crippen molar-refractivity contribution >= 4 is 28.8 Å². The molecule has 1 fully saturated rings. The van der Waals surface area contributed by atoms with E-state index >= 15 is 0 Å². The Morgan fingerprint density at radius 3 is 2.00 bits per heavy atom. The van der Waals surface area contributed by atoms with Gasteiger partial charge in [0.25, 0.3) is 5.91 Å². The summed E-state index contributed by atoms with van der Waals surface area (Å²) in [4.78, 5) is 30.8. The van der Waals surface area contributed by atoms with Crippen molar-refractivity contribution < 1.29 is 19.1 Å². The SMILES string of the molecule is CN1CCN(c2ccc(N3C(=O)C(O)=C(c4ccc(F)cc4)C3=O)cc2)CC1. The molecule has 0 saturated carbocycles. The molecule has 0 unspecified atom stereocenters. The van der Waals surface area contributed by atoms with Crippen LogP contribution in [0.3, 0.4) is 0 Å². The van der Waals surface area contributed by atoms with Crippen molar-refractivity contribution in [1.82, 2.24) is 4.90 Å². The van der Waals surface area contributed by atoms with Crippen LogP contribution in [0.4, 0.5) is 15.8 Å². The van der Waals surface area contributed by atoms with Crippen LogP contribution in [0.15, 0.2) is 54.3 Å². The number of imide groups is 1. The summed E-state index contributed by atoms with van der Waals surface area (Å²) in [7, 11) is 2.09. The van der Waals surface area contributed by atoms with E-state index in [1.165, 1.54) is 24.3 Å². The minimum absolute atomic E-state index is 0.117. The first kappa shape index (κ1) is 18.2. The zero-order valence-electron chi connectivity index (χ0n) is 15.4. The quantitative estimate of drug-likeness (QED) is 0.828. The molecule has 1 saturated heterocycles. The molecule has 0 bridgehead atoms. The number of amides is 2. The molecule has 28 heavy (non-hydrogen) atoms. The van der Waals surface area contributed by atoms with Crippen molar-refractivity contribution in [3.63, 3.8) is 0 Å². The minimum Gasteiger partial charge on any atom is -0.502 e. The zero-order valence-corrected chi connectivity index (χ0v) is 15.4. The van der Waals surface area contributed by atoms with Crippen LogP contribution in [0.25, 0.3) is 5.57 Å². The first-order valence-corrected chi connectivity index (χ1v) is 9.07. The molecule has 0 aromatic heterocycles. The summed E-state index contributed by atoms with van der Waals surface area (Å²) < 4.78 is 13.2. The fourth-order valence-electron chi connectivity index (χ4n) is 3.51. The highest BCUT2D eigenvalue weighted by Crippen LogP contribution is 2.32. The van der Waals surface area contributed by atoms with Gasteiger partial charge in [-0.3, -0.25) is 9.59 Å². The molecule has 0 aliphatic carbocycles. The summed E-state index contributed by atoms with van der Waals surface area (Å²) >= 11 is 0. The number of benzene rings is 2. The van der Waals surface area contributed by atoms with Crippen LogP contribution in [0.1, 0.15) is 5.56 Å². The smallest absolute Gasteiger partial charge is 0.301 e. The van der Waals surface area contributed by atoms with Crippen LogP contribution < -0.4 is 9.80 Å². The van der Waals surface area contributed by atoms with Crippen molar-refractivity contribution in [2.45, 2.75) is 0 Å². The van der Waals surface area contributed by atoms with Gasteiger partial charge in [0.05, 0.1) is 11.3 Å². The van der Waals surface area contributed by atoms with E-state index in [2.05, 4.69) is 16.8 Å². The average Bonchev–Trinajstić information content (AvgIpc) is 2.92. The van der Waals surface area contributed by atoms with Gasteiger partial charge in [0.2, 0.25) is 0 Å². The van der Waals surface area contributed by atoms with Gasteiger partial charge in [-0.25, -0.2) is 9.29 Å². The molecule has 4 rings (SSSR count). The van der Waals surface area contributed by atoms with Gasteiger partial charge in [-0.2, -0.15) is 0 Å². The van der Waals surface area contributed by atoms with Crippen LogP contribution >= 0.6 is 0 Å². The van der Waals surface area contributed by atoms with Crippen LogP contribution in [0, 0.1) is 5.82 Å². The van der Waals surface area contributed by atoms with Gasteiger partial charge in [-0.05, 0) is 49.0 Å². The second kappa shape index (κ2) is 7.09. The molecule has 2 aromatic rings. The lowest BCUT2D eigenvalue weighted by Gasteiger charge is -2.34. The summed E-state index contributed by atoms with van der Waals surface area (Å²) in [5.74, 6) is -2.49. The number of piperazine rings is 1. The van der Waals surface area contributed by atoms with Gasteiger partial charge in [-0.15, -0.1) is 0 Å². The molecule has 0 spiro atoms. The van der Waals surface area contributed by atoms with Crippen molar-refractivity contribution in [2.24, 2.45) is 0 Å². The molecule has 7 heteroatoms. The number of carbonyl (C=O) groups excluding carboxylic acids is 2. The fourth-order valence-corrected chi connectivity index (χ4v) is 3.51. The third-order valence-electron chi connectivity index (χ3n) is 5.17. The Bertz CT molecular complexity index is 946. The molecule has 6 nitrogen and oxygen atoms in total. The number of nitrogens with zero attached hydrogens (tertiary/aromatic N) is 3. The van der Waals surface area contributed by atoms with Crippen LogP contribution in [-0.2, 0) is 9.59 Å². The number of likely N-dealkylation sites (N-methyl/N-ethyl adjacent to an activating group) is 1. The molecule has 2 heterocycles. The first-order valence-electron chi connectivity index (χ1n) is 9.07. The predicted molar refractivity (Wildman–Crippen MR) is 105 cm³/mol. The van der Waals surface area contributed by atoms with E-state index in [1.54, 1.807) is 12.1 Å². The number of carbonyl (C=O) groups is 2. The number of rotatable bonds is 3. The van der Waals surface area contributed by atoms with Gasteiger partial charge >= 0.3 is 5.91 Å². The average molecular weight is 381 g/mol. The van der Waals surface area contributed by atoms with E-state index in [0.29, 0.717) is 11.3 Å². The molecule has 2 aliphatic rings. The summed E-state index contributed by atoms with van der Waals surface area (Å²) in [6.07, 6.45) is 0. The van der Waals surface area contributed by atoms with Gasteiger partial charge < -0.3 is 14.9 Å². The van der Waals surface area contributed by atoms with Crippen LogP contribution in [0.5, 0.6) is 0 Å². The molecular weight excluding hydrogens is 361 g/mol. The molecule has 2 amide bonds. The fraction of sp³-hybridized carbons (Fsp3) is 0.238. The molecule has 1 N–H and O–H groups in total. The van der Waals surface area contributed by atoms with Crippen LogP contribution in [-0.4, -0.2) is 55.0 Å². The summed E-state index contributed by atoms with van der Waals surface area (Å²) in [5, 5.41) is 10.2. The van der Waals surface area contributed by atoms with E-state index < -0.39 is 23.4 Å². The van der Waals surface area contributed by atoms with Crippen molar-refractivity contribution in [2.75, 3.05) is 43.0 Å². The standard InChI is InChI=1S/C21H20FN3O3/c1-23-10-12-24(13-11-23)16-6-8-17(9-7-16)25-20(27)18(19(26)21(25)28)14-2-4-15(22)5-3-14/h2-9,26H,10-13H2,1H3. The highest BCUT2D eigenvalue weighted by atomic mass is 19.1. The minimum atomic E-state index is -0.781. The normalized spacial score (nSPS) is 18.4. The Morgan fingerprint density at radius 2 is 1.39 bits per heavy atom. The first-order chi connectivity index (χ1) is 13.5. The highest BCUT2D eigenvalue weighted by molar-refractivity contribution is 6.44. The number of aliphatic hydroxyl groups is 1. The predicted octanol–water partition coefficient (Wildman–Crippen LogP) is 2.42. The summed E-state index contributed by atoms with van der Waals surface area (Å²) in [6, 6.07) is 12.2. The molecular formula is C21H20FN3O3. The lowest BCUT2D eigenvalue weighted by atomic mass is 10.1. The Morgan fingerprint density at radius 1 is 0.821 bits per heavy atom. The number of halogens is 1. The zero-order chi connectivity index (χ0) is 19.8. The second-order valence-electron chi connectivity index (χ2n) is 6.98. The van der Waals surface area contributed by atoms with Gasteiger partial charge in [0, 0.05) is 31.9 Å². The highest BCUT2D eigenvalue weighted by Gasteiger charge is 2.40. The monoisotopic (exact) mass is 381 g/mol. The molecule has 2 aliphatic heterocycles. The number of aliphatic hydroxyl groups excluding tert-OH is 1. The summed E-state index contributed by atoms with van der Waals surface area (Å²) in [6.45, 7) is 3.77. The Kier molecular flexibility index (Phi) is 4.60. The van der Waals surface area contributed by atoms with E-state index in [0.717, 1.165) is 36.8 Å². The molecule has 0 atom stereocenters. The maximum Gasteiger partial charge on any atom is 0.301 e. The van der Waals surface area contributed by atoms with E-state index in [4.69, 9.17) is 0 Å². The van der Waals surface area contributed by atoms with E-state index in [9.17, 15) is 19.1 Å². The number of hydrogen-bond acceptors (Lipinski definition) is 5. The van der Waals surface area contributed by atoms with Crippen molar-refractivity contribution in [3.05, 3.63) is 65.7 Å². The van der Waals surface area contributed by atoms with Gasteiger partial charge in [0.15, 0.2) is 5.76 Å². The maximum absolute atomic E-state index is 13.2.